The Bertz CT molecular complexity index is 1350. The summed E-state index contributed by atoms with van der Waals surface area (Å²) in [5.41, 5.74) is -0.479. The molecule has 4 aliphatic rings. The van der Waals surface area contributed by atoms with Crippen molar-refractivity contribution in [1.82, 2.24) is 9.80 Å². The maximum absolute atomic E-state index is 14.5. The fourth-order valence-electron chi connectivity index (χ4n) is 6.87. The van der Waals surface area contributed by atoms with E-state index in [1.165, 1.54) is 0 Å². The molecule has 0 aromatic heterocycles. The van der Waals surface area contributed by atoms with Gasteiger partial charge >= 0.3 is 0 Å². The summed E-state index contributed by atoms with van der Waals surface area (Å²) in [6.07, 6.45) is 8.95. The normalized spacial score (nSPS) is 30.0. The number of carbonyl (C=O) groups excluding carboxylic acids is 3. The molecule has 2 aromatic rings. The topological polar surface area (TPSA) is 90.4 Å². The van der Waals surface area contributed by atoms with E-state index in [9.17, 15) is 19.5 Å². The van der Waals surface area contributed by atoms with Crippen LogP contribution in [-0.2, 0) is 19.1 Å². The van der Waals surface area contributed by atoms with Gasteiger partial charge in [0.05, 0.1) is 17.9 Å². The van der Waals surface area contributed by atoms with Crippen LogP contribution in [0.25, 0.3) is 10.8 Å². The second-order valence-electron chi connectivity index (χ2n) is 10.9. The number of amides is 3. The number of aliphatic hydroxyl groups excluding tert-OH is 1. The number of hydrogen-bond acceptors (Lipinski definition) is 5. The molecule has 2 aromatic carbocycles. The van der Waals surface area contributed by atoms with Crippen LogP contribution in [0.1, 0.15) is 26.2 Å². The molecule has 39 heavy (non-hydrogen) atoms. The van der Waals surface area contributed by atoms with Gasteiger partial charge < -0.3 is 24.5 Å². The monoisotopic (exact) mass is 529 g/mol. The van der Waals surface area contributed by atoms with Crippen LogP contribution in [0.3, 0.4) is 0 Å². The molecule has 1 spiro atoms. The number of carbonyl (C=O) groups is 3. The third-order valence-electron chi connectivity index (χ3n) is 8.59. The number of benzene rings is 2. The van der Waals surface area contributed by atoms with Crippen molar-refractivity contribution in [2.45, 2.75) is 43.9 Å². The number of fused-ring (bicyclic) bond motifs is 3. The maximum atomic E-state index is 14.5. The van der Waals surface area contributed by atoms with Crippen LogP contribution in [0.2, 0.25) is 0 Å². The molecule has 3 amide bonds. The van der Waals surface area contributed by atoms with Gasteiger partial charge in [-0.1, -0.05) is 61.6 Å². The minimum atomic E-state index is -1.23. The molecule has 5 atom stereocenters. The molecule has 6 rings (SSSR count). The quantitative estimate of drug-likeness (QED) is 0.440. The minimum absolute atomic E-state index is 0.00872. The summed E-state index contributed by atoms with van der Waals surface area (Å²) in [6.45, 7) is 3.79. The van der Waals surface area contributed by atoms with E-state index in [-0.39, 0.29) is 24.3 Å². The number of nitrogens with zero attached hydrogens (tertiary/aromatic N) is 3. The first-order valence-electron chi connectivity index (χ1n) is 14.0. The third kappa shape index (κ3) is 4.08. The van der Waals surface area contributed by atoms with E-state index in [0.29, 0.717) is 39.0 Å². The Morgan fingerprint density at radius 3 is 2.56 bits per heavy atom. The number of rotatable bonds is 7. The van der Waals surface area contributed by atoms with Crippen LogP contribution in [0.4, 0.5) is 5.69 Å². The van der Waals surface area contributed by atoms with E-state index >= 15 is 0 Å². The molecule has 4 aliphatic heterocycles. The van der Waals surface area contributed by atoms with E-state index in [1.807, 2.05) is 73.7 Å². The lowest BCUT2D eigenvalue weighted by Crippen LogP contribution is -2.55. The Hall–Kier alpha value is -3.49. The van der Waals surface area contributed by atoms with Gasteiger partial charge in [-0.15, -0.1) is 0 Å². The minimum Gasteiger partial charge on any atom is -0.396 e. The average molecular weight is 530 g/mol. The Kier molecular flexibility index (Phi) is 6.77. The molecule has 0 radical (unpaired) electrons. The molecule has 8 heteroatoms. The number of anilines is 1. The van der Waals surface area contributed by atoms with Crippen molar-refractivity contribution in [3.8, 4) is 0 Å². The molecule has 0 saturated carbocycles. The van der Waals surface area contributed by atoms with E-state index in [4.69, 9.17) is 4.74 Å². The number of hydrogen-bond donors (Lipinski definition) is 1. The molecule has 2 saturated heterocycles. The van der Waals surface area contributed by atoms with E-state index < -0.39 is 29.6 Å². The maximum Gasteiger partial charge on any atom is 0.253 e. The zero-order valence-corrected chi connectivity index (χ0v) is 22.2. The first-order chi connectivity index (χ1) is 19.0. The third-order valence-corrected chi connectivity index (χ3v) is 8.59. The van der Waals surface area contributed by atoms with Crippen LogP contribution in [0.15, 0.2) is 66.8 Å². The van der Waals surface area contributed by atoms with Crippen LogP contribution in [0, 0.1) is 11.8 Å². The molecule has 0 aliphatic carbocycles. The largest absolute Gasteiger partial charge is 0.396 e. The SMILES string of the molecule is CCCN1CC=C[C@H]2O[C@]34C=CCN(c5ccc6ccccc6c5)C(=O)C3N(CCCCO)C(=O)[C@@H]4[C@H]2C1=O. The van der Waals surface area contributed by atoms with Crippen LogP contribution in [-0.4, -0.2) is 83.2 Å². The molecule has 4 heterocycles. The van der Waals surface area contributed by atoms with Crippen molar-refractivity contribution in [2.75, 3.05) is 37.7 Å². The highest BCUT2D eigenvalue weighted by Gasteiger charge is 2.71. The van der Waals surface area contributed by atoms with Gasteiger partial charge in [-0.3, -0.25) is 14.4 Å². The van der Waals surface area contributed by atoms with Crippen molar-refractivity contribution in [3.05, 3.63) is 66.8 Å². The molecule has 8 nitrogen and oxygen atoms in total. The van der Waals surface area contributed by atoms with E-state index in [2.05, 4.69) is 0 Å². The lowest BCUT2D eigenvalue weighted by atomic mass is 9.77. The highest BCUT2D eigenvalue weighted by atomic mass is 16.5. The second kappa shape index (κ2) is 10.2. The summed E-state index contributed by atoms with van der Waals surface area (Å²) in [5.74, 6) is -1.99. The molecule has 1 unspecified atom stereocenters. The molecule has 0 bridgehead atoms. The highest BCUT2D eigenvalue weighted by molar-refractivity contribution is 6.06. The number of ether oxygens (including phenoxy) is 1. The summed E-state index contributed by atoms with van der Waals surface area (Å²) in [6, 6.07) is 13.0. The number of unbranched alkanes of at least 4 members (excludes halogenated alkanes) is 1. The van der Waals surface area contributed by atoms with Gasteiger partial charge in [-0.05, 0) is 42.2 Å². The standard InChI is InChI=1S/C31H35N3O5/c1-2-15-32-16-7-11-24-25(28(32)36)26-29(37)34(17-5-6-19-35)27-30(38)33(18-8-14-31(26,27)39-24)23-13-12-21-9-3-4-10-22(21)20-23/h3-4,7-14,20,24-27,35H,2,5-6,15-19H2,1H3/t24-,25+,26+,27?,31+/m1/s1. The van der Waals surface area contributed by atoms with Gasteiger partial charge in [0.2, 0.25) is 11.8 Å². The predicted octanol–water partition coefficient (Wildman–Crippen LogP) is 2.90. The molecular formula is C31H35N3O5. The fourth-order valence-corrected chi connectivity index (χ4v) is 6.87. The van der Waals surface area contributed by atoms with Crippen molar-refractivity contribution >= 4 is 34.2 Å². The van der Waals surface area contributed by atoms with Gasteiger partial charge in [0.15, 0.2) is 0 Å². The first kappa shape index (κ1) is 25.8. The molecule has 204 valence electrons. The van der Waals surface area contributed by atoms with Crippen LogP contribution < -0.4 is 4.90 Å². The molecule has 1 N–H and O–H groups in total. The number of likely N-dealkylation sites (tertiary alicyclic amines) is 1. The van der Waals surface area contributed by atoms with Crippen molar-refractivity contribution in [3.63, 3.8) is 0 Å². The Balaban J connectivity index is 1.42. The summed E-state index contributed by atoms with van der Waals surface area (Å²) < 4.78 is 6.69. The summed E-state index contributed by atoms with van der Waals surface area (Å²) >= 11 is 0. The Labute approximate surface area is 228 Å². The van der Waals surface area contributed by atoms with Crippen LogP contribution in [0.5, 0.6) is 0 Å². The van der Waals surface area contributed by atoms with Gasteiger partial charge in [0.1, 0.15) is 11.6 Å². The van der Waals surface area contributed by atoms with Gasteiger partial charge in [-0.25, -0.2) is 0 Å². The van der Waals surface area contributed by atoms with Gasteiger partial charge in [0, 0.05) is 38.5 Å². The summed E-state index contributed by atoms with van der Waals surface area (Å²) in [4.78, 5) is 47.6. The summed E-state index contributed by atoms with van der Waals surface area (Å²) in [5, 5.41) is 11.5. The highest BCUT2D eigenvalue weighted by Crippen LogP contribution is 2.53. The Morgan fingerprint density at radius 2 is 1.77 bits per heavy atom. The van der Waals surface area contributed by atoms with Crippen molar-refractivity contribution < 1.29 is 24.2 Å². The lowest BCUT2D eigenvalue weighted by Gasteiger charge is -2.35. The van der Waals surface area contributed by atoms with Crippen LogP contribution >= 0.6 is 0 Å². The lowest BCUT2D eigenvalue weighted by molar-refractivity contribution is -0.144. The van der Waals surface area contributed by atoms with Crippen molar-refractivity contribution in [2.24, 2.45) is 11.8 Å². The molecular weight excluding hydrogens is 494 g/mol. The van der Waals surface area contributed by atoms with E-state index in [1.54, 1.807) is 14.7 Å². The first-order valence-corrected chi connectivity index (χ1v) is 14.0. The Morgan fingerprint density at radius 1 is 0.949 bits per heavy atom. The number of aliphatic hydroxyl groups is 1. The van der Waals surface area contributed by atoms with E-state index in [0.717, 1.165) is 22.9 Å². The van der Waals surface area contributed by atoms with Crippen molar-refractivity contribution in [1.29, 1.82) is 0 Å². The predicted molar refractivity (Wildman–Crippen MR) is 148 cm³/mol. The zero-order valence-electron chi connectivity index (χ0n) is 22.2. The smallest absolute Gasteiger partial charge is 0.253 e. The summed E-state index contributed by atoms with van der Waals surface area (Å²) in [7, 11) is 0. The molecule has 2 fully saturated rings. The average Bonchev–Trinajstić information content (AvgIpc) is 3.25. The zero-order chi connectivity index (χ0) is 27.1. The fraction of sp³-hybridized carbons (Fsp3) is 0.452. The van der Waals surface area contributed by atoms with Gasteiger partial charge in [-0.2, -0.15) is 0 Å². The van der Waals surface area contributed by atoms with Gasteiger partial charge in [0.25, 0.3) is 5.91 Å². The second-order valence-corrected chi connectivity index (χ2v) is 10.9.